The monoisotopic (exact) mass is 593 g/mol. The Morgan fingerprint density at radius 2 is 1.64 bits per heavy atom. The van der Waals surface area contributed by atoms with Crippen molar-refractivity contribution >= 4 is 17.9 Å². The number of methoxy groups -OCH3 is 1. The standard InChI is InChI=1S/C32H55N3O7/c1-10-11-16-33-30(38)25(22(4)5)18-27(36)26(35-31(39)42-32(6,7)8)17-23(21(2)3)19-34-29(37)24-14-12-13-15-28(24)41-20-40-9/h12-15,21-23,25-27,36H,10-11,16-20H2,1-9H3,(H,33,38)(H,34,37)(H,35,39)/t23-,25+,26+,27+/m1/s1. The molecule has 42 heavy (non-hydrogen) atoms. The summed E-state index contributed by atoms with van der Waals surface area (Å²) in [6, 6.07) is 6.22. The van der Waals surface area contributed by atoms with Gasteiger partial charge in [-0.3, -0.25) is 9.59 Å². The Morgan fingerprint density at radius 3 is 2.21 bits per heavy atom. The van der Waals surface area contributed by atoms with Crippen LogP contribution in [0.3, 0.4) is 0 Å². The summed E-state index contributed by atoms with van der Waals surface area (Å²) < 4.78 is 16.0. The van der Waals surface area contributed by atoms with E-state index in [1.54, 1.807) is 45.0 Å². The van der Waals surface area contributed by atoms with Crippen molar-refractivity contribution in [1.29, 1.82) is 0 Å². The van der Waals surface area contributed by atoms with Gasteiger partial charge >= 0.3 is 6.09 Å². The van der Waals surface area contributed by atoms with Crippen molar-refractivity contribution < 1.29 is 33.7 Å². The van der Waals surface area contributed by atoms with Gasteiger partial charge in [-0.05, 0) is 69.9 Å². The first-order chi connectivity index (χ1) is 19.7. The molecule has 0 aliphatic heterocycles. The minimum absolute atomic E-state index is 0.0102. The molecular formula is C32H55N3O7. The third kappa shape index (κ3) is 13.9. The van der Waals surface area contributed by atoms with Crippen LogP contribution in [0.25, 0.3) is 0 Å². The zero-order valence-electron chi connectivity index (χ0n) is 27.1. The van der Waals surface area contributed by atoms with Gasteiger partial charge in [0.05, 0.1) is 17.7 Å². The summed E-state index contributed by atoms with van der Waals surface area (Å²) >= 11 is 0. The number of hydrogen-bond acceptors (Lipinski definition) is 7. The predicted molar refractivity (Wildman–Crippen MR) is 164 cm³/mol. The Kier molecular flexibility index (Phi) is 16.5. The summed E-state index contributed by atoms with van der Waals surface area (Å²) in [6.45, 7) is 16.2. The molecule has 10 nitrogen and oxygen atoms in total. The molecule has 0 aliphatic carbocycles. The summed E-state index contributed by atoms with van der Waals surface area (Å²) in [5.41, 5.74) is -0.336. The lowest BCUT2D eigenvalue weighted by molar-refractivity contribution is -0.127. The van der Waals surface area contributed by atoms with E-state index in [-0.39, 0.29) is 42.8 Å². The summed E-state index contributed by atoms with van der Waals surface area (Å²) in [7, 11) is 1.51. The van der Waals surface area contributed by atoms with Crippen molar-refractivity contribution in [2.24, 2.45) is 23.7 Å². The minimum Gasteiger partial charge on any atom is -0.467 e. The average Bonchev–Trinajstić information content (AvgIpc) is 2.90. The molecule has 0 aromatic heterocycles. The van der Waals surface area contributed by atoms with Crippen LogP contribution >= 0.6 is 0 Å². The van der Waals surface area contributed by atoms with Gasteiger partial charge in [0.2, 0.25) is 5.91 Å². The number of hydrogen-bond donors (Lipinski definition) is 4. The Labute approximate surface area is 252 Å². The number of nitrogens with one attached hydrogen (secondary N) is 3. The molecule has 1 aromatic rings. The highest BCUT2D eigenvalue weighted by Gasteiger charge is 2.33. The highest BCUT2D eigenvalue weighted by atomic mass is 16.7. The van der Waals surface area contributed by atoms with E-state index in [1.165, 1.54) is 7.11 Å². The van der Waals surface area contributed by atoms with Gasteiger partial charge in [-0.25, -0.2) is 4.79 Å². The molecule has 3 amide bonds. The molecule has 1 aromatic carbocycles. The first kappa shape index (κ1) is 37.2. The highest BCUT2D eigenvalue weighted by Crippen LogP contribution is 2.25. The number of aliphatic hydroxyl groups excluding tert-OH is 1. The Bertz CT molecular complexity index is 962. The van der Waals surface area contributed by atoms with Crippen LogP contribution in [0.4, 0.5) is 4.79 Å². The predicted octanol–water partition coefficient (Wildman–Crippen LogP) is 4.89. The maximum absolute atomic E-state index is 13.1. The van der Waals surface area contributed by atoms with Crippen molar-refractivity contribution in [2.45, 2.75) is 98.8 Å². The van der Waals surface area contributed by atoms with Crippen LogP contribution in [0.5, 0.6) is 5.75 Å². The molecule has 0 saturated carbocycles. The average molecular weight is 594 g/mol. The number of aliphatic hydroxyl groups is 1. The van der Waals surface area contributed by atoms with E-state index in [2.05, 4.69) is 22.9 Å². The number of unbranched alkanes of at least 4 members (excludes halogenated alkanes) is 1. The maximum atomic E-state index is 13.1. The molecule has 0 fully saturated rings. The molecule has 4 atom stereocenters. The Morgan fingerprint density at radius 1 is 0.976 bits per heavy atom. The second kappa shape index (κ2) is 18.6. The molecule has 240 valence electrons. The van der Waals surface area contributed by atoms with Crippen LogP contribution in [-0.2, 0) is 14.3 Å². The molecule has 10 heteroatoms. The number of carbonyl (C=O) groups is 3. The van der Waals surface area contributed by atoms with Crippen molar-refractivity contribution in [3.05, 3.63) is 29.8 Å². The third-order valence-corrected chi connectivity index (χ3v) is 7.12. The van der Waals surface area contributed by atoms with E-state index in [1.807, 2.05) is 27.7 Å². The number of ether oxygens (including phenoxy) is 3. The largest absolute Gasteiger partial charge is 0.467 e. The van der Waals surface area contributed by atoms with Gasteiger partial charge in [0.1, 0.15) is 11.4 Å². The summed E-state index contributed by atoms with van der Waals surface area (Å²) in [6.07, 6.45) is 0.737. The topological polar surface area (TPSA) is 135 Å². The van der Waals surface area contributed by atoms with Gasteiger partial charge in [-0.2, -0.15) is 0 Å². The van der Waals surface area contributed by atoms with Gasteiger partial charge < -0.3 is 35.3 Å². The van der Waals surface area contributed by atoms with Crippen molar-refractivity contribution in [2.75, 3.05) is 27.0 Å². The summed E-state index contributed by atoms with van der Waals surface area (Å²) in [5, 5.41) is 20.3. The molecule has 0 unspecified atom stereocenters. The lowest BCUT2D eigenvalue weighted by Crippen LogP contribution is -2.49. The van der Waals surface area contributed by atoms with Crippen molar-refractivity contribution in [3.63, 3.8) is 0 Å². The second-order valence-corrected chi connectivity index (χ2v) is 12.5. The van der Waals surface area contributed by atoms with E-state index < -0.39 is 29.8 Å². The van der Waals surface area contributed by atoms with Gasteiger partial charge in [0.15, 0.2) is 6.79 Å². The number of carbonyl (C=O) groups excluding carboxylic acids is 3. The van der Waals surface area contributed by atoms with Crippen LogP contribution in [0.1, 0.15) is 91.4 Å². The SMILES string of the molecule is CCCCNC(=O)[C@@H](C[C@H](O)[C@H](C[C@H](CNC(=O)c1ccccc1OCOC)C(C)C)NC(=O)OC(C)(C)C)C(C)C. The van der Waals surface area contributed by atoms with Crippen LogP contribution in [-0.4, -0.2) is 67.8 Å². The first-order valence-corrected chi connectivity index (χ1v) is 15.1. The number of para-hydroxylation sites is 1. The van der Waals surface area contributed by atoms with Crippen LogP contribution in [0.2, 0.25) is 0 Å². The molecule has 0 radical (unpaired) electrons. The molecular weight excluding hydrogens is 538 g/mol. The molecule has 4 N–H and O–H groups in total. The zero-order valence-corrected chi connectivity index (χ0v) is 27.1. The van der Waals surface area contributed by atoms with Crippen LogP contribution in [0.15, 0.2) is 24.3 Å². The summed E-state index contributed by atoms with van der Waals surface area (Å²) in [4.78, 5) is 38.9. The fraction of sp³-hybridized carbons (Fsp3) is 0.719. The maximum Gasteiger partial charge on any atom is 0.407 e. The van der Waals surface area contributed by atoms with Gasteiger partial charge in [-0.1, -0.05) is 53.2 Å². The van der Waals surface area contributed by atoms with Gasteiger partial charge in [0.25, 0.3) is 5.91 Å². The fourth-order valence-corrected chi connectivity index (χ4v) is 4.54. The Balaban J connectivity index is 3.11. The summed E-state index contributed by atoms with van der Waals surface area (Å²) in [5.74, 6) is -0.423. The lowest BCUT2D eigenvalue weighted by atomic mass is 9.82. The van der Waals surface area contributed by atoms with Gasteiger partial charge in [-0.15, -0.1) is 0 Å². The van der Waals surface area contributed by atoms with Crippen LogP contribution in [0, 0.1) is 23.7 Å². The molecule has 0 saturated heterocycles. The molecule has 1 rings (SSSR count). The number of alkyl carbamates (subject to hydrolysis) is 1. The van der Waals surface area contributed by atoms with E-state index in [0.717, 1.165) is 12.8 Å². The molecule has 0 aliphatic rings. The fourth-order valence-electron chi connectivity index (χ4n) is 4.54. The van der Waals surface area contributed by atoms with E-state index in [4.69, 9.17) is 14.2 Å². The number of amides is 3. The van der Waals surface area contributed by atoms with Gasteiger partial charge in [0, 0.05) is 26.1 Å². The lowest BCUT2D eigenvalue weighted by Gasteiger charge is -2.33. The Hall–Kier alpha value is -2.85. The third-order valence-electron chi connectivity index (χ3n) is 7.12. The van der Waals surface area contributed by atoms with Crippen LogP contribution < -0.4 is 20.7 Å². The molecule has 0 spiro atoms. The number of benzene rings is 1. The minimum atomic E-state index is -1.01. The smallest absolute Gasteiger partial charge is 0.407 e. The van der Waals surface area contributed by atoms with Crippen molar-refractivity contribution in [3.8, 4) is 5.75 Å². The number of rotatable bonds is 18. The van der Waals surface area contributed by atoms with Crippen molar-refractivity contribution in [1.82, 2.24) is 16.0 Å². The normalized spacial score (nSPS) is 14.6. The quantitative estimate of drug-likeness (QED) is 0.141. The first-order valence-electron chi connectivity index (χ1n) is 15.1. The second-order valence-electron chi connectivity index (χ2n) is 12.5. The van der Waals surface area contributed by atoms with E-state index in [9.17, 15) is 19.5 Å². The van der Waals surface area contributed by atoms with E-state index in [0.29, 0.717) is 30.8 Å². The highest BCUT2D eigenvalue weighted by molar-refractivity contribution is 5.96. The zero-order chi connectivity index (χ0) is 31.9. The van der Waals surface area contributed by atoms with E-state index >= 15 is 0 Å². The molecule has 0 bridgehead atoms. The molecule has 0 heterocycles.